The summed E-state index contributed by atoms with van der Waals surface area (Å²) in [6.07, 6.45) is 5.55. The number of aliphatic carboxylic acids is 1. The summed E-state index contributed by atoms with van der Waals surface area (Å²) in [6.45, 7) is 0.651. The van der Waals surface area contributed by atoms with Gasteiger partial charge in [0, 0.05) is 17.6 Å². The van der Waals surface area contributed by atoms with Crippen molar-refractivity contribution in [1.82, 2.24) is 4.90 Å². The third-order valence-corrected chi connectivity index (χ3v) is 5.19. The summed E-state index contributed by atoms with van der Waals surface area (Å²) in [5.41, 5.74) is 1.03. The largest absolute Gasteiger partial charge is 0.480 e. The van der Waals surface area contributed by atoms with E-state index in [1.165, 1.54) is 19.3 Å². The standard InChI is InChI=1S/C16H20ClNO2/c17-13-7-3-1-6-12(13)10-18-14-8-4-2-5-11(14)9-15(18)16(19)20/h1,3,6-7,11,14-15H,2,4-5,8-10H2,(H,19,20). The van der Waals surface area contributed by atoms with Gasteiger partial charge in [-0.25, -0.2) is 0 Å². The SMILES string of the molecule is O=C(O)C1CC2CCCCC2N1Cc1ccccc1Cl. The van der Waals surface area contributed by atoms with E-state index in [4.69, 9.17) is 11.6 Å². The maximum absolute atomic E-state index is 11.6. The first-order valence-electron chi connectivity index (χ1n) is 7.39. The fourth-order valence-electron chi connectivity index (χ4n) is 3.85. The minimum atomic E-state index is -0.688. The lowest BCUT2D eigenvalue weighted by molar-refractivity contribution is -0.142. The van der Waals surface area contributed by atoms with Gasteiger partial charge in [0.05, 0.1) is 0 Å². The van der Waals surface area contributed by atoms with E-state index in [1.54, 1.807) is 0 Å². The third-order valence-electron chi connectivity index (χ3n) is 4.82. The Morgan fingerprint density at radius 2 is 2.05 bits per heavy atom. The fourth-order valence-corrected chi connectivity index (χ4v) is 4.04. The number of halogens is 1. The Morgan fingerprint density at radius 3 is 2.80 bits per heavy atom. The Kier molecular flexibility index (Phi) is 3.99. The Hall–Kier alpha value is -1.06. The van der Waals surface area contributed by atoms with Gasteiger partial charge in [-0.15, -0.1) is 0 Å². The van der Waals surface area contributed by atoms with Crippen molar-refractivity contribution in [1.29, 1.82) is 0 Å². The van der Waals surface area contributed by atoms with Crippen LogP contribution in [0.3, 0.4) is 0 Å². The zero-order valence-corrected chi connectivity index (χ0v) is 12.2. The van der Waals surface area contributed by atoms with Gasteiger partial charge in [0.25, 0.3) is 0 Å². The normalized spacial score (nSPS) is 30.1. The van der Waals surface area contributed by atoms with Crippen LogP contribution >= 0.6 is 11.6 Å². The molecule has 0 aromatic heterocycles. The number of rotatable bonds is 3. The van der Waals surface area contributed by atoms with E-state index in [0.29, 0.717) is 18.5 Å². The van der Waals surface area contributed by atoms with Crippen molar-refractivity contribution in [3.63, 3.8) is 0 Å². The smallest absolute Gasteiger partial charge is 0.320 e. The van der Waals surface area contributed by atoms with Crippen LogP contribution in [0, 0.1) is 5.92 Å². The molecular formula is C16H20ClNO2. The highest BCUT2D eigenvalue weighted by molar-refractivity contribution is 6.31. The summed E-state index contributed by atoms with van der Waals surface area (Å²) in [7, 11) is 0. The quantitative estimate of drug-likeness (QED) is 0.926. The van der Waals surface area contributed by atoms with Crippen LogP contribution in [0.25, 0.3) is 0 Å². The maximum Gasteiger partial charge on any atom is 0.320 e. The van der Waals surface area contributed by atoms with E-state index in [-0.39, 0.29) is 6.04 Å². The second-order valence-corrected chi connectivity index (χ2v) is 6.37. The molecule has 1 heterocycles. The average molecular weight is 294 g/mol. The van der Waals surface area contributed by atoms with Crippen molar-refractivity contribution in [2.45, 2.75) is 50.7 Å². The Morgan fingerprint density at radius 1 is 1.30 bits per heavy atom. The second-order valence-electron chi connectivity index (χ2n) is 5.97. The van der Waals surface area contributed by atoms with Crippen LogP contribution in [0.15, 0.2) is 24.3 Å². The highest BCUT2D eigenvalue weighted by Gasteiger charge is 2.45. The number of carboxylic acids is 1. The lowest BCUT2D eigenvalue weighted by Crippen LogP contribution is -2.41. The first-order chi connectivity index (χ1) is 9.66. The molecule has 0 amide bonds. The monoisotopic (exact) mass is 293 g/mol. The van der Waals surface area contributed by atoms with Gasteiger partial charge < -0.3 is 5.11 Å². The second kappa shape index (κ2) is 5.74. The summed E-state index contributed by atoms with van der Waals surface area (Å²) in [6, 6.07) is 7.82. The molecule has 20 heavy (non-hydrogen) atoms. The van der Waals surface area contributed by atoms with Gasteiger partial charge >= 0.3 is 5.97 Å². The van der Waals surface area contributed by atoms with Crippen LogP contribution in [-0.2, 0) is 11.3 Å². The zero-order chi connectivity index (χ0) is 14.1. The molecule has 4 heteroatoms. The predicted molar refractivity (Wildman–Crippen MR) is 78.8 cm³/mol. The molecule has 1 aromatic carbocycles. The minimum Gasteiger partial charge on any atom is -0.480 e. The highest BCUT2D eigenvalue weighted by Crippen LogP contribution is 2.40. The molecule has 1 aliphatic heterocycles. The topological polar surface area (TPSA) is 40.5 Å². The van der Waals surface area contributed by atoms with E-state index in [1.807, 2.05) is 24.3 Å². The Balaban J connectivity index is 1.84. The minimum absolute atomic E-state index is 0.348. The van der Waals surface area contributed by atoms with E-state index in [2.05, 4.69) is 4.90 Å². The molecule has 3 atom stereocenters. The molecule has 3 nitrogen and oxygen atoms in total. The van der Waals surface area contributed by atoms with Crippen LogP contribution in [-0.4, -0.2) is 28.1 Å². The van der Waals surface area contributed by atoms with Crippen molar-refractivity contribution in [2.24, 2.45) is 5.92 Å². The van der Waals surface area contributed by atoms with Crippen LogP contribution in [0.2, 0.25) is 5.02 Å². The number of fused-ring (bicyclic) bond motifs is 1. The number of benzene rings is 1. The molecule has 0 radical (unpaired) electrons. The van der Waals surface area contributed by atoms with Gasteiger partial charge in [0.15, 0.2) is 0 Å². The Bertz CT molecular complexity index is 505. The van der Waals surface area contributed by atoms with Crippen LogP contribution in [0.1, 0.15) is 37.7 Å². The average Bonchev–Trinajstić information content (AvgIpc) is 2.81. The lowest BCUT2D eigenvalue weighted by Gasteiger charge is -2.33. The summed E-state index contributed by atoms with van der Waals surface area (Å²) >= 11 is 6.23. The first kappa shape index (κ1) is 13.9. The Labute approximate surface area is 124 Å². The van der Waals surface area contributed by atoms with Crippen molar-refractivity contribution < 1.29 is 9.90 Å². The molecule has 1 saturated heterocycles. The van der Waals surface area contributed by atoms with Crippen molar-refractivity contribution >= 4 is 17.6 Å². The molecule has 1 aromatic rings. The van der Waals surface area contributed by atoms with E-state index < -0.39 is 5.97 Å². The molecule has 2 fully saturated rings. The predicted octanol–water partition coefficient (Wildman–Crippen LogP) is 3.56. The van der Waals surface area contributed by atoms with Crippen molar-refractivity contribution in [2.75, 3.05) is 0 Å². The molecular weight excluding hydrogens is 274 g/mol. The summed E-state index contributed by atoms with van der Waals surface area (Å²) in [5, 5.41) is 10.2. The van der Waals surface area contributed by atoms with Gasteiger partial charge in [0.1, 0.15) is 6.04 Å². The zero-order valence-electron chi connectivity index (χ0n) is 11.5. The summed E-state index contributed by atoms with van der Waals surface area (Å²) in [4.78, 5) is 13.7. The number of carbonyl (C=O) groups is 1. The van der Waals surface area contributed by atoms with Gasteiger partial charge in [0.2, 0.25) is 0 Å². The molecule has 0 spiro atoms. The summed E-state index contributed by atoms with van der Waals surface area (Å²) < 4.78 is 0. The molecule has 3 unspecified atom stereocenters. The highest BCUT2D eigenvalue weighted by atomic mass is 35.5. The van der Waals surface area contributed by atoms with Gasteiger partial charge in [-0.2, -0.15) is 0 Å². The van der Waals surface area contributed by atoms with Crippen molar-refractivity contribution in [3.8, 4) is 0 Å². The first-order valence-corrected chi connectivity index (χ1v) is 7.76. The molecule has 1 aliphatic carbocycles. The van der Waals surface area contributed by atoms with Crippen LogP contribution in [0.5, 0.6) is 0 Å². The van der Waals surface area contributed by atoms with Gasteiger partial charge in [-0.05, 0) is 36.8 Å². The van der Waals surface area contributed by atoms with E-state index >= 15 is 0 Å². The van der Waals surface area contributed by atoms with E-state index in [0.717, 1.165) is 23.4 Å². The van der Waals surface area contributed by atoms with Crippen LogP contribution < -0.4 is 0 Å². The number of hydrogen-bond acceptors (Lipinski definition) is 2. The number of hydrogen-bond donors (Lipinski definition) is 1. The fraction of sp³-hybridized carbons (Fsp3) is 0.562. The number of nitrogens with zero attached hydrogens (tertiary/aromatic N) is 1. The van der Waals surface area contributed by atoms with Crippen molar-refractivity contribution in [3.05, 3.63) is 34.9 Å². The molecule has 2 aliphatic rings. The lowest BCUT2D eigenvalue weighted by atomic mass is 9.84. The molecule has 3 rings (SSSR count). The van der Waals surface area contributed by atoms with Crippen LogP contribution in [0.4, 0.5) is 0 Å². The number of likely N-dealkylation sites (tertiary alicyclic amines) is 1. The molecule has 1 N–H and O–H groups in total. The summed E-state index contributed by atoms with van der Waals surface area (Å²) in [5.74, 6) is -0.140. The van der Waals surface area contributed by atoms with Gasteiger partial charge in [-0.1, -0.05) is 42.6 Å². The molecule has 0 bridgehead atoms. The van der Waals surface area contributed by atoms with E-state index in [9.17, 15) is 9.90 Å². The van der Waals surface area contributed by atoms with Gasteiger partial charge in [-0.3, -0.25) is 9.69 Å². The maximum atomic E-state index is 11.6. The third kappa shape index (κ3) is 2.57. The number of carboxylic acid groups (broad SMARTS) is 1. The molecule has 1 saturated carbocycles. The molecule has 108 valence electrons.